The minimum absolute atomic E-state index is 0.185. The van der Waals surface area contributed by atoms with Crippen LogP contribution in [0.15, 0.2) is 75.6 Å². The number of oxazole rings is 1. The summed E-state index contributed by atoms with van der Waals surface area (Å²) in [6.07, 6.45) is 0. The molecule has 26 heavy (non-hydrogen) atoms. The molecule has 0 radical (unpaired) electrons. The summed E-state index contributed by atoms with van der Waals surface area (Å²) in [5.74, 6) is 0.392. The molecule has 0 spiro atoms. The Hall–Kier alpha value is -2.92. The van der Waals surface area contributed by atoms with Crippen molar-refractivity contribution in [3.8, 4) is 11.5 Å². The Kier molecular flexibility index (Phi) is 4.31. The van der Waals surface area contributed by atoms with Crippen LogP contribution in [0.1, 0.15) is 15.9 Å². The standard InChI is InChI=1S/C21H15BrN2O2/c1-13-6-2-3-7-15(13)21-24-18-11-10-14(12-19(18)26-21)23-20(25)16-8-4-5-9-17(16)22/h2-12H,1H3,(H,23,25). The van der Waals surface area contributed by atoms with E-state index in [4.69, 9.17) is 4.42 Å². The van der Waals surface area contributed by atoms with E-state index in [0.29, 0.717) is 22.7 Å². The highest BCUT2D eigenvalue weighted by Gasteiger charge is 2.13. The van der Waals surface area contributed by atoms with Gasteiger partial charge in [-0.25, -0.2) is 4.98 Å². The molecule has 128 valence electrons. The van der Waals surface area contributed by atoms with Gasteiger partial charge in [0.25, 0.3) is 5.91 Å². The molecule has 0 aliphatic carbocycles. The molecule has 0 aliphatic rings. The van der Waals surface area contributed by atoms with E-state index in [1.165, 1.54) is 0 Å². The number of aryl methyl sites for hydroxylation is 1. The fraction of sp³-hybridized carbons (Fsp3) is 0.0476. The third-order valence-corrected chi connectivity index (χ3v) is 4.83. The number of hydrogen-bond donors (Lipinski definition) is 1. The van der Waals surface area contributed by atoms with Gasteiger partial charge in [0, 0.05) is 21.8 Å². The molecule has 3 aromatic carbocycles. The zero-order valence-corrected chi connectivity index (χ0v) is 15.6. The summed E-state index contributed by atoms with van der Waals surface area (Å²) in [6.45, 7) is 2.02. The number of nitrogens with one attached hydrogen (secondary N) is 1. The van der Waals surface area contributed by atoms with E-state index in [1.54, 1.807) is 12.1 Å². The van der Waals surface area contributed by atoms with Crippen LogP contribution in [0.2, 0.25) is 0 Å². The van der Waals surface area contributed by atoms with Crippen molar-refractivity contribution in [1.29, 1.82) is 0 Å². The largest absolute Gasteiger partial charge is 0.436 e. The number of aromatic nitrogens is 1. The highest BCUT2D eigenvalue weighted by molar-refractivity contribution is 9.10. The van der Waals surface area contributed by atoms with Crippen molar-refractivity contribution in [2.45, 2.75) is 6.92 Å². The molecule has 0 fully saturated rings. The van der Waals surface area contributed by atoms with Crippen LogP contribution in [0.4, 0.5) is 5.69 Å². The van der Waals surface area contributed by atoms with Gasteiger partial charge in [-0.2, -0.15) is 0 Å². The lowest BCUT2D eigenvalue weighted by Crippen LogP contribution is -2.12. The van der Waals surface area contributed by atoms with E-state index >= 15 is 0 Å². The predicted molar refractivity (Wildman–Crippen MR) is 106 cm³/mol. The molecule has 1 aromatic heterocycles. The zero-order chi connectivity index (χ0) is 18.1. The smallest absolute Gasteiger partial charge is 0.256 e. The SMILES string of the molecule is Cc1ccccc1-c1nc2ccc(NC(=O)c3ccccc3Br)cc2o1. The van der Waals surface area contributed by atoms with Gasteiger partial charge in [-0.05, 0) is 58.7 Å². The first-order valence-corrected chi connectivity index (χ1v) is 8.93. The molecule has 4 nitrogen and oxygen atoms in total. The van der Waals surface area contributed by atoms with Gasteiger partial charge in [0.05, 0.1) is 5.56 Å². The maximum Gasteiger partial charge on any atom is 0.256 e. The van der Waals surface area contributed by atoms with Gasteiger partial charge >= 0.3 is 0 Å². The van der Waals surface area contributed by atoms with Crippen LogP contribution < -0.4 is 5.32 Å². The summed E-state index contributed by atoms with van der Waals surface area (Å²) >= 11 is 3.40. The maximum atomic E-state index is 12.5. The Labute approximate surface area is 159 Å². The Balaban J connectivity index is 1.65. The van der Waals surface area contributed by atoms with Crippen molar-refractivity contribution in [1.82, 2.24) is 4.98 Å². The van der Waals surface area contributed by atoms with Gasteiger partial charge in [0.1, 0.15) is 5.52 Å². The lowest BCUT2D eigenvalue weighted by atomic mass is 10.1. The van der Waals surface area contributed by atoms with Crippen LogP contribution >= 0.6 is 15.9 Å². The monoisotopic (exact) mass is 406 g/mol. The lowest BCUT2D eigenvalue weighted by Gasteiger charge is -2.06. The average Bonchev–Trinajstić information content (AvgIpc) is 3.05. The van der Waals surface area contributed by atoms with Gasteiger partial charge in [-0.1, -0.05) is 30.3 Å². The highest BCUT2D eigenvalue weighted by atomic mass is 79.9. The van der Waals surface area contributed by atoms with Crippen LogP contribution in [0.5, 0.6) is 0 Å². The zero-order valence-electron chi connectivity index (χ0n) is 14.0. The molecule has 4 rings (SSSR count). The molecule has 1 heterocycles. The summed E-state index contributed by atoms with van der Waals surface area (Å²) in [4.78, 5) is 17.0. The topological polar surface area (TPSA) is 55.1 Å². The number of amides is 1. The molecule has 4 aromatic rings. The molecule has 1 amide bonds. The number of carbonyl (C=O) groups excluding carboxylic acids is 1. The minimum atomic E-state index is -0.185. The first-order chi connectivity index (χ1) is 12.6. The molecule has 1 N–H and O–H groups in total. The molecule has 0 aliphatic heterocycles. The van der Waals surface area contributed by atoms with E-state index in [9.17, 15) is 4.79 Å². The lowest BCUT2D eigenvalue weighted by molar-refractivity contribution is 0.102. The molecule has 0 saturated carbocycles. The Morgan fingerprint density at radius 1 is 1.04 bits per heavy atom. The normalized spacial score (nSPS) is 10.8. The summed E-state index contributed by atoms with van der Waals surface area (Å²) in [5, 5.41) is 2.89. The molecule has 5 heteroatoms. The van der Waals surface area contributed by atoms with Gasteiger partial charge < -0.3 is 9.73 Å². The van der Waals surface area contributed by atoms with Crippen molar-refractivity contribution < 1.29 is 9.21 Å². The van der Waals surface area contributed by atoms with E-state index in [1.807, 2.05) is 61.5 Å². The van der Waals surface area contributed by atoms with Crippen molar-refractivity contribution in [3.63, 3.8) is 0 Å². The Morgan fingerprint density at radius 2 is 1.81 bits per heavy atom. The number of nitrogens with zero attached hydrogens (tertiary/aromatic N) is 1. The van der Waals surface area contributed by atoms with Gasteiger partial charge in [-0.3, -0.25) is 4.79 Å². The van der Waals surface area contributed by atoms with Crippen molar-refractivity contribution in [2.75, 3.05) is 5.32 Å². The van der Waals surface area contributed by atoms with Crippen LogP contribution in [0.25, 0.3) is 22.6 Å². The average molecular weight is 407 g/mol. The summed E-state index contributed by atoms with van der Waals surface area (Å²) in [5.41, 5.74) is 4.68. The molecule has 0 bridgehead atoms. The molecular weight excluding hydrogens is 392 g/mol. The second-order valence-corrected chi connectivity index (χ2v) is 6.80. The number of anilines is 1. The highest BCUT2D eigenvalue weighted by Crippen LogP contribution is 2.28. The second kappa shape index (κ2) is 6.77. The van der Waals surface area contributed by atoms with Crippen LogP contribution in [0.3, 0.4) is 0 Å². The Morgan fingerprint density at radius 3 is 2.62 bits per heavy atom. The third-order valence-electron chi connectivity index (χ3n) is 4.14. The minimum Gasteiger partial charge on any atom is -0.436 e. The summed E-state index contributed by atoms with van der Waals surface area (Å²) in [7, 11) is 0. The fourth-order valence-electron chi connectivity index (χ4n) is 2.77. The van der Waals surface area contributed by atoms with E-state index in [-0.39, 0.29) is 5.91 Å². The van der Waals surface area contributed by atoms with Crippen LogP contribution in [0, 0.1) is 6.92 Å². The summed E-state index contributed by atoms with van der Waals surface area (Å²) in [6, 6.07) is 20.7. The van der Waals surface area contributed by atoms with Gasteiger partial charge in [0.15, 0.2) is 5.58 Å². The first kappa shape index (κ1) is 16.5. The van der Waals surface area contributed by atoms with Crippen LogP contribution in [-0.4, -0.2) is 10.9 Å². The van der Waals surface area contributed by atoms with Crippen molar-refractivity contribution in [2.24, 2.45) is 0 Å². The van der Waals surface area contributed by atoms with Crippen molar-refractivity contribution >= 4 is 38.6 Å². The number of fused-ring (bicyclic) bond motifs is 1. The number of rotatable bonds is 3. The first-order valence-electron chi connectivity index (χ1n) is 8.14. The van der Waals surface area contributed by atoms with E-state index in [2.05, 4.69) is 26.2 Å². The number of carbonyl (C=O) groups is 1. The van der Waals surface area contributed by atoms with E-state index in [0.717, 1.165) is 21.1 Å². The summed E-state index contributed by atoms with van der Waals surface area (Å²) < 4.78 is 6.66. The quantitative estimate of drug-likeness (QED) is 0.466. The fourth-order valence-corrected chi connectivity index (χ4v) is 3.24. The molecule has 0 unspecified atom stereocenters. The van der Waals surface area contributed by atoms with Crippen molar-refractivity contribution in [3.05, 3.63) is 82.3 Å². The Bertz CT molecular complexity index is 1120. The third kappa shape index (κ3) is 3.13. The number of hydrogen-bond acceptors (Lipinski definition) is 3. The second-order valence-electron chi connectivity index (χ2n) is 5.95. The number of halogens is 1. The maximum absolute atomic E-state index is 12.5. The number of benzene rings is 3. The molecule has 0 saturated heterocycles. The van der Waals surface area contributed by atoms with E-state index < -0.39 is 0 Å². The molecule has 0 atom stereocenters. The molecular formula is C21H15BrN2O2. The van der Waals surface area contributed by atoms with Gasteiger partial charge in [0.2, 0.25) is 5.89 Å². The van der Waals surface area contributed by atoms with Crippen LogP contribution in [-0.2, 0) is 0 Å². The van der Waals surface area contributed by atoms with Gasteiger partial charge in [-0.15, -0.1) is 0 Å². The predicted octanol–water partition coefficient (Wildman–Crippen LogP) is 5.82.